The zero-order valence-corrected chi connectivity index (χ0v) is 11.2. The molecule has 0 aliphatic carbocycles. The summed E-state index contributed by atoms with van der Waals surface area (Å²) in [6.07, 6.45) is 0.427. The zero-order valence-electron chi connectivity index (χ0n) is 9.73. The Hall–Kier alpha value is -1.76. The lowest BCUT2D eigenvalue weighted by molar-refractivity contribution is 0.233. The van der Waals surface area contributed by atoms with E-state index in [1.165, 1.54) is 0 Å². The van der Waals surface area contributed by atoms with E-state index >= 15 is 0 Å². The summed E-state index contributed by atoms with van der Waals surface area (Å²) in [7, 11) is 0. The number of fused-ring (bicyclic) bond motifs is 1. The minimum absolute atomic E-state index is 0.223. The molecule has 0 amide bonds. The monoisotopic (exact) mass is 290 g/mol. The topological polar surface area (TPSA) is 45.9 Å². The van der Waals surface area contributed by atoms with Gasteiger partial charge < -0.3 is 4.74 Å². The highest BCUT2D eigenvalue weighted by molar-refractivity contribution is 6.35. The van der Waals surface area contributed by atoms with Crippen LogP contribution in [0.25, 0.3) is 0 Å². The highest BCUT2D eigenvalue weighted by Crippen LogP contribution is 2.42. The van der Waals surface area contributed by atoms with E-state index in [-0.39, 0.29) is 6.10 Å². The number of ether oxygens (including phenoxy) is 1. The van der Waals surface area contributed by atoms with E-state index in [4.69, 9.17) is 33.2 Å². The van der Waals surface area contributed by atoms with E-state index in [2.05, 4.69) is 4.98 Å². The lowest BCUT2D eigenvalue weighted by Gasteiger charge is -2.10. The summed E-state index contributed by atoms with van der Waals surface area (Å²) in [4.78, 5) is 4.25. The fourth-order valence-corrected chi connectivity index (χ4v) is 2.72. The molecule has 0 N–H and O–H groups in total. The van der Waals surface area contributed by atoms with Crippen molar-refractivity contribution in [2.45, 2.75) is 12.5 Å². The third-order valence-electron chi connectivity index (χ3n) is 2.97. The molecule has 1 aromatic heterocycles. The molecule has 1 atom stereocenters. The van der Waals surface area contributed by atoms with E-state index in [0.717, 1.165) is 11.3 Å². The molecule has 1 aliphatic rings. The summed E-state index contributed by atoms with van der Waals surface area (Å²) in [5.74, 6) is 0.653. The van der Waals surface area contributed by atoms with Gasteiger partial charge in [0.15, 0.2) is 0 Å². The number of nitriles is 1. The number of nitrogens with zero attached hydrogens (tertiary/aromatic N) is 2. The van der Waals surface area contributed by atoms with Crippen LogP contribution in [-0.4, -0.2) is 4.98 Å². The van der Waals surface area contributed by atoms with Gasteiger partial charge >= 0.3 is 0 Å². The Balaban J connectivity index is 1.95. The van der Waals surface area contributed by atoms with Gasteiger partial charge in [0.25, 0.3) is 0 Å². The van der Waals surface area contributed by atoms with E-state index in [1.54, 1.807) is 18.2 Å². The predicted molar refractivity (Wildman–Crippen MR) is 72.5 cm³/mol. The van der Waals surface area contributed by atoms with Crippen LogP contribution in [0.1, 0.15) is 23.1 Å². The third-order valence-corrected chi connectivity index (χ3v) is 3.46. The number of aromatic nitrogens is 1. The fourth-order valence-electron chi connectivity index (χ4n) is 2.14. The Morgan fingerprint density at radius 3 is 2.95 bits per heavy atom. The standard InChI is InChI=1S/C14H8Cl2N2O/c15-9-4-8-5-13(19-14(8)11(16)6-9)12-3-1-2-10(7-17)18-12/h1-4,6,13H,5H2. The number of benzene rings is 1. The van der Waals surface area contributed by atoms with Crippen LogP contribution in [-0.2, 0) is 6.42 Å². The molecule has 5 heteroatoms. The van der Waals surface area contributed by atoms with Crippen LogP contribution >= 0.6 is 23.2 Å². The van der Waals surface area contributed by atoms with Gasteiger partial charge in [-0.3, -0.25) is 0 Å². The lowest BCUT2D eigenvalue weighted by Crippen LogP contribution is -2.06. The number of hydrogen-bond donors (Lipinski definition) is 0. The highest BCUT2D eigenvalue weighted by atomic mass is 35.5. The van der Waals surface area contributed by atoms with E-state index < -0.39 is 0 Å². The van der Waals surface area contributed by atoms with Crippen LogP contribution in [0, 0.1) is 11.3 Å². The molecule has 2 aromatic rings. The van der Waals surface area contributed by atoms with Crippen LogP contribution in [0.2, 0.25) is 10.0 Å². The van der Waals surface area contributed by atoms with Crippen molar-refractivity contribution in [3.63, 3.8) is 0 Å². The molecule has 19 heavy (non-hydrogen) atoms. The minimum Gasteiger partial charge on any atom is -0.482 e. The molecule has 0 fully saturated rings. The fraction of sp³-hybridized carbons (Fsp3) is 0.143. The Bertz CT molecular complexity index is 694. The third kappa shape index (κ3) is 2.25. The molecule has 0 bridgehead atoms. The maximum absolute atomic E-state index is 8.87. The Labute approximate surface area is 120 Å². The number of rotatable bonds is 1. The molecule has 1 aliphatic heterocycles. The van der Waals surface area contributed by atoms with Crippen molar-refractivity contribution in [2.24, 2.45) is 0 Å². The van der Waals surface area contributed by atoms with E-state index in [9.17, 15) is 0 Å². The summed E-state index contributed by atoms with van der Waals surface area (Å²) in [6, 6.07) is 10.8. The number of hydrogen-bond acceptors (Lipinski definition) is 3. The molecule has 0 radical (unpaired) electrons. The summed E-state index contributed by atoms with van der Waals surface area (Å²) in [5.41, 5.74) is 2.07. The van der Waals surface area contributed by atoms with Gasteiger partial charge in [-0.2, -0.15) is 5.26 Å². The molecule has 0 spiro atoms. The maximum atomic E-state index is 8.87. The van der Waals surface area contributed by atoms with Gasteiger partial charge in [0.1, 0.15) is 23.6 Å². The van der Waals surface area contributed by atoms with Crippen molar-refractivity contribution < 1.29 is 4.74 Å². The van der Waals surface area contributed by atoms with Crippen LogP contribution in [0.15, 0.2) is 30.3 Å². The summed E-state index contributed by atoms with van der Waals surface area (Å²) in [5, 5.41) is 9.96. The van der Waals surface area contributed by atoms with Crippen molar-refractivity contribution in [3.05, 3.63) is 57.3 Å². The SMILES string of the molecule is N#Cc1cccc(C2Cc3cc(Cl)cc(Cl)c3O2)n1. The van der Waals surface area contributed by atoms with Crippen molar-refractivity contribution in [1.82, 2.24) is 4.98 Å². The molecule has 1 unspecified atom stereocenters. The molecule has 0 saturated carbocycles. The first-order valence-electron chi connectivity index (χ1n) is 5.69. The second-order valence-corrected chi connectivity index (χ2v) is 5.09. The van der Waals surface area contributed by atoms with Gasteiger partial charge in [-0.25, -0.2) is 4.98 Å². The van der Waals surface area contributed by atoms with Gasteiger partial charge in [0.05, 0.1) is 10.7 Å². The molecule has 94 valence electrons. The number of halogens is 2. The number of pyridine rings is 1. The quantitative estimate of drug-likeness (QED) is 0.799. The predicted octanol–water partition coefficient (Wildman–Crippen LogP) is 3.94. The lowest BCUT2D eigenvalue weighted by atomic mass is 10.1. The van der Waals surface area contributed by atoms with Crippen LogP contribution in [0.5, 0.6) is 5.75 Å². The average molecular weight is 291 g/mol. The van der Waals surface area contributed by atoms with Crippen molar-refractivity contribution in [1.29, 1.82) is 5.26 Å². The van der Waals surface area contributed by atoms with Gasteiger partial charge in [-0.15, -0.1) is 0 Å². The van der Waals surface area contributed by atoms with E-state index in [1.807, 2.05) is 18.2 Å². The molecule has 1 aromatic carbocycles. The first-order valence-corrected chi connectivity index (χ1v) is 6.44. The molecule has 0 saturated heterocycles. The summed E-state index contributed by atoms with van der Waals surface area (Å²) >= 11 is 12.1. The van der Waals surface area contributed by atoms with Gasteiger partial charge in [-0.1, -0.05) is 29.3 Å². The Morgan fingerprint density at radius 2 is 2.16 bits per heavy atom. The first-order chi connectivity index (χ1) is 9.17. The molecular formula is C14H8Cl2N2O. The van der Waals surface area contributed by atoms with Crippen LogP contribution in [0.3, 0.4) is 0 Å². The molecule has 3 nitrogen and oxygen atoms in total. The smallest absolute Gasteiger partial charge is 0.145 e. The van der Waals surface area contributed by atoms with E-state index in [0.29, 0.717) is 27.9 Å². The molecule has 2 heterocycles. The zero-order chi connectivity index (χ0) is 13.4. The van der Waals surface area contributed by atoms with Gasteiger partial charge in [-0.05, 0) is 24.3 Å². The molecule has 3 rings (SSSR count). The Kier molecular flexibility index (Phi) is 3.06. The normalized spacial score (nSPS) is 16.6. The van der Waals surface area contributed by atoms with Crippen LogP contribution < -0.4 is 4.74 Å². The largest absolute Gasteiger partial charge is 0.482 e. The van der Waals surface area contributed by atoms with Gasteiger partial charge in [0.2, 0.25) is 0 Å². The molecular weight excluding hydrogens is 283 g/mol. The summed E-state index contributed by atoms with van der Waals surface area (Å²) in [6.45, 7) is 0. The van der Waals surface area contributed by atoms with Gasteiger partial charge in [0, 0.05) is 17.0 Å². The minimum atomic E-state index is -0.223. The first kappa shape index (κ1) is 12.3. The average Bonchev–Trinajstić information content (AvgIpc) is 2.83. The highest BCUT2D eigenvalue weighted by Gasteiger charge is 2.28. The van der Waals surface area contributed by atoms with Crippen LogP contribution in [0.4, 0.5) is 0 Å². The maximum Gasteiger partial charge on any atom is 0.145 e. The van der Waals surface area contributed by atoms with Crippen molar-refractivity contribution in [2.75, 3.05) is 0 Å². The van der Waals surface area contributed by atoms with Crippen molar-refractivity contribution in [3.8, 4) is 11.8 Å². The summed E-state index contributed by atoms with van der Waals surface area (Å²) < 4.78 is 5.82. The van der Waals surface area contributed by atoms with Crippen molar-refractivity contribution >= 4 is 23.2 Å². The Morgan fingerprint density at radius 1 is 1.32 bits per heavy atom. The second-order valence-electron chi connectivity index (χ2n) is 4.25. The second kappa shape index (κ2) is 4.73.